The number of carbonyl (C=O) groups is 2. The number of ether oxygens (including phenoxy) is 2. The number of rotatable bonds is 9. The van der Waals surface area contributed by atoms with Crippen molar-refractivity contribution in [1.82, 2.24) is 14.9 Å². The number of nitrogens with two attached hydrogens (primary N) is 1. The number of amides is 1. The van der Waals surface area contributed by atoms with Crippen molar-refractivity contribution in [3.63, 3.8) is 0 Å². The van der Waals surface area contributed by atoms with Gasteiger partial charge in [-0.25, -0.2) is 9.78 Å². The fourth-order valence-electron chi connectivity index (χ4n) is 6.50. The largest absolute Gasteiger partial charge is 0.497 e. The first-order chi connectivity index (χ1) is 21.1. The summed E-state index contributed by atoms with van der Waals surface area (Å²) in [5.74, 6) is -0.414. The van der Waals surface area contributed by atoms with Crippen molar-refractivity contribution < 1.29 is 24.2 Å². The van der Waals surface area contributed by atoms with E-state index < -0.39 is 17.1 Å². The summed E-state index contributed by atoms with van der Waals surface area (Å²) in [7, 11) is 1.58. The Hall–Kier alpha value is -4.54. The van der Waals surface area contributed by atoms with E-state index in [1.165, 1.54) is 0 Å². The lowest BCUT2D eigenvalue weighted by Gasteiger charge is -2.31. The first-order valence-corrected chi connectivity index (χ1v) is 14.9. The molecule has 0 aliphatic carbocycles. The van der Waals surface area contributed by atoms with Crippen LogP contribution in [0, 0.1) is 0 Å². The molecule has 0 radical (unpaired) electrons. The third kappa shape index (κ3) is 4.74. The molecule has 10 heteroatoms. The van der Waals surface area contributed by atoms with Crippen molar-refractivity contribution in [1.29, 1.82) is 0 Å². The predicted octanol–water partition coefficient (Wildman–Crippen LogP) is 3.44. The van der Waals surface area contributed by atoms with E-state index in [-0.39, 0.29) is 48.7 Å². The third-order valence-electron chi connectivity index (χ3n) is 8.95. The van der Waals surface area contributed by atoms with E-state index in [0.717, 1.165) is 28.5 Å². The van der Waals surface area contributed by atoms with Crippen LogP contribution in [0.1, 0.15) is 60.9 Å². The van der Waals surface area contributed by atoms with Crippen LogP contribution < -0.4 is 21.3 Å². The number of carbonyl (C=O) groups excluding carboxylic acids is 2. The molecule has 0 spiro atoms. The van der Waals surface area contributed by atoms with Gasteiger partial charge < -0.3 is 30.2 Å². The van der Waals surface area contributed by atoms with Crippen molar-refractivity contribution >= 4 is 22.8 Å². The number of benzene rings is 2. The molecule has 2 aliphatic rings. The van der Waals surface area contributed by atoms with Gasteiger partial charge in [-0.1, -0.05) is 50.6 Å². The van der Waals surface area contributed by atoms with Gasteiger partial charge in [0.15, 0.2) is 5.60 Å². The smallest absolute Gasteiger partial charge is 0.343 e. The first-order valence-electron chi connectivity index (χ1n) is 14.9. The average molecular weight is 597 g/mol. The van der Waals surface area contributed by atoms with Gasteiger partial charge in [0.25, 0.3) is 5.56 Å². The van der Waals surface area contributed by atoms with Gasteiger partial charge in [-0.15, -0.1) is 0 Å². The third-order valence-corrected chi connectivity index (χ3v) is 8.95. The summed E-state index contributed by atoms with van der Waals surface area (Å²) in [5.41, 5.74) is 8.12. The van der Waals surface area contributed by atoms with Crippen LogP contribution in [0.25, 0.3) is 22.3 Å². The zero-order valence-electron chi connectivity index (χ0n) is 25.1. The zero-order valence-corrected chi connectivity index (χ0v) is 25.1. The van der Waals surface area contributed by atoms with Crippen LogP contribution in [0.15, 0.2) is 59.4 Å². The highest BCUT2D eigenvalue weighted by atomic mass is 16.6. The van der Waals surface area contributed by atoms with Crippen LogP contribution in [0.5, 0.6) is 5.75 Å². The number of cyclic esters (lactones) is 1. The Balaban J connectivity index is 1.44. The lowest BCUT2D eigenvalue weighted by Crippen LogP contribution is -2.55. The summed E-state index contributed by atoms with van der Waals surface area (Å²) in [6.07, 6.45) is 1.69. The van der Waals surface area contributed by atoms with E-state index in [0.29, 0.717) is 35.5 Å². The normalized spacial score (nSPS) is 18.2. The SMILES string of the molecule is CCC[C@@](N)(Cc1ccccc1)C(=O)NCc1c2c(nc3ccc(OC)cc13)-c1cc3c(c(=O)n1C2)COC(=O)[C@]3(O)CC. The molecule has 2 aromatic carbocycles. The molecule has 4 heterocycles. The van der Waals surface area contributed by atoms with E-state index in [2.05, 4.69) is 5.32 Å². The molecule has 1 amide bonds. The lowest BCUT2D eigenvalue weighted by molar-refractivity contribution is -0.172. The highest BCUT2D eigenvalue weighted by Gasteiger charge is 2.45. The average Bonchev–Trinajstić information content (AvgIpc) is 3.40. The Morgan fingerprint density at radius 3 is 2.64 bits per heavy atom. The maximum atomic E-state index is 13.8. The van der Waals surface area contributed by atoms with Gasteiger partial charge in [0, 0.05) is 23.1 Å². The van der Waals surface area contributed by atoms with Crippen molar-refractivity contribution in [2.75, 3.05) is 7.11 Å². The summed E-state index contributed by atoms with van der Waals surface area (Å²) in [6, 6.07) is 16.9. The molecule has 0 unspecified atom stereocenters. The summed E-state index contributed by atoms with van der Waals surface area (Å²) >= 11 is 0. The van der Waals surface area contributed by atoms with E-state index in [1.807, 2.05) is 49.4 Å². The van der Waals surface area contributed by atoms with Gasteiger partial charge in [-0.05, 0) is 54.7 Å². The first kappa shape index (κ1) is 29.5. The minimum absolute atomic E-state index is 0.0540. The summed E-state index contributed by atoms with van der Waals surface area (Å²) < 4.78 is 12.3. The Kier molecular flexibility index (Phi) is 7.51. The number of pyridine rings is 2. The topological polar surface area (TPSA) is 146 Å². The standard InChI is InChI=1S/C34H36N4O6/c1-4-13-33(35,16-20-9-7-6-8-10-20)31(40)36-17-23-22-14-21(43-3)11-12-27(22)37-29-24(23)18-38-28(29)15-26-25(30(38)39)19-44-32(41)34(26,42)5-2/h6-12,14-15,42H,4-5,13,16-19,35H2,1-3H3,(H,36,40)/t33-,34+/m1/s1. The molecular weight excluding hydrogens is 560 g/mol. The number of hydrogen-bond acceptors (Lipinski definition) is 8. The summed E-state index contributed by atoms with van der Waals surface area (Å²) in [6.45, 7) is 3.81. The maximum absolute atomic E-state index is 13.8. The van der Waals surface area contributed by atoms with Gasteiger partial charge in [0.2, 0.25) is 5.91 Å². The van der Waals surface area contributed by atoms with Gasteiger partial charge in [0.05, 0.1) is 41.7 Å². The Labute approximate surface area is 254 Å². The molecule has 4 aromatic rings. The number of aliphatic hydroxyl groups is 1. The molecule has 0 saturated heterocycles. The molecule has 2 atom stereocenters. The quantitative estimate of drug-likeness (QED) is 0.220. The molecule has 228 valence electrons. The second-order valence-corrected chi connectivity index (χ2v) is 11.7. The van der Waals surface area contributed by atoms with Gasteiger partial charge in [-0.2, -0.15) is 0 Å². The number of hydrogen-bond donors (Lipinski definition) is 3. The van der Waals surface area contributed by atoms with Crippen molar-refractivity contribution in [3.05, 3.63) is 92.8 Å². The molecule has 2 aromatic heterocycles. The molecule has 10 nitrogen and oxygen atoms in total. The fraction of sp³-hybridized carbons (Fsp3) is 0.353. The van der Waals surface area contributed by atoms with Crippen LogP contribution in [0.4, 0.5) is 0 Å². The summed E-state index contributed by atoms with van der Waals surface area (Å²) in [4.78, 5) is 45.0. The van der Waals surface area contributed by atoms with E-state index in [9.17, 15) is 19.5 Å². The molecule has 4 N–H and O–H groups in total. The summed E-state index contributed by atoms with van der Waals surface area (Å²) in [5, 5.41) is 15.1. The van der Waals surface area contributed by atoms with E-state index in [1.54, 1.807) is 30.7 Å². The Bertz CT molecular complexity index is 1850. The van der Waals surface area contributed by atoms with Gasteiger partial charge in [0.1, 0.15) is 12.4 Å². The van der Waals surface area contributed by atoms with Crippen LogP contribution >= 0.6 is 0 Å². The number of fused-ring (bicyclic) bond motifs is 5. The minimum Gasteiger partial charge on any atom is -0.497 e. The van der Waals surface area contributed by atoms with Crippen molar-refractivity contribution in [3.8, 4) is 17.1 Å². The van der Waals surface area contributed by atoms with Crippen LogP contribution in [-0.4, -0.2) is 39.2 Å². The monoisotopic (exact) mass is 596 g/mol. The zero-order chi connectivity index (χ0) is 31.2. The lowest BCUT2D eigenvalue weighted by atomic mass is 9.86. The van der Waals surface area contributed by atoms with E-state index >= 15 is 0 Å². The van der Waals surface area contributed by atoms with Crippen molar-refractivity contribution in [2.45, 2.75) is 70.4 Å². The maximum Gasteiger partial charge on any atom is 0.343 e. The highest BCUT2D eigenvalue weighted by Crippen LogP contribution is 2.40. The predicted molar refractivity (Wildman–Crippen MR) is 165 cm³/mol. The Morgan fingerprint density at radius 2 is 1.93 bits per heavy atom. The Morgan fingerprint density at radius 1 is 1.16 bits per heavy atom. The minimum atomic E-state index is -1.92. The number of nitrogens with one attached hydrogen (secondary N) is 1. The molecular formula is C34H36N4O6. The molecule has 6 rings (SSSR count). The van der Waals surface area contributed by atoms with Crippen LogP contribution in [-0.2, 0) is 46.0 Å². The second kappa shape index (κ2) is 11.2. The molecule has 2 aliphatic heterocycles. The highest BCUT2D eigenvalue weighted by molar-refractivity contribution is 5.91. The van der Waals surface area contributed by atoms with Crippen LogP contribution in [0.2, 0.25) is 0 Å². The number of esters is 1. The van der Waals surface area contributed by atoms with Gasteiger partial charge in [-0.3, -0.25) is 9.59 Å². The van der Waals surface area contributed by atoms with Crippen LogP contribution in [0.3, 0.4) is 0 Å². The number of nitrogens with zero attached hydrogens (tertiary/aromatic N) is 2. The van der Waals surface area contributed by atoms with E-state index in [4.69, 9.17) is 20.2 Å². The number of methoxy groups -OCH3 is 1. The molecule has 0 bridgehead atoms. The van der Waals surface area contributed by atoms with Gasteiger partial charge >= 0.3 is 5.97 Å². The van der Waals surface area contributed by atoms with Crippen molar-refractivity contribution in [2.24, 2.45) is 5.73 Å². The number of aromatic nitrogens is 2. The second-order valence-electron chi connectivity index (χ2n) is 11.7. The molecule has 0 fully saturated rings. The molecule has 0 saturated carbocycles. The fourth-order valence-corrected chi connectivity index (χ4v) is 6.50. The molecule has 44 heavy (non-hydrogen) atoms.